The molecule has 8 nitrogen and oxygen atoms in total. The Morgan fingerprint density at radius 3 is 2.48 bits per heavy atom. The van der Waals surface area contributed by atoms with E-state index in [4.69, 9.17) is 44.0 Å². The Kier molecular flexibility index (Phi) is 7.67. The lowest BCUT2D eigenvalue weighted by Gasteiger charge is -2.11. The first-order chi connectivity index (χ1) is 20.4. The van der Waals surface area contributed by atoms with Gasteiger partial charge in [0.05, 0.1) is 27.2 Å². The van der Waals surface area contributed by atoms with Crippen LogP contribution in [0.5, 0.6) is 5.75 Å². The van der Waals surface area contributed by atoms with Gasteiger partial charge in [-0.3, -0.25) is 9.59 Å². The molecule has 0 fully saturated rings. The summed E-state index contributed by atoms with van der Waals surface area (Å²) in [5.74, 6) is 0.303. The van der Waals surface area contributed by atoms with Crippen LogP contribution in [0.2, 0.25) is 15.1 Å². The number of rotatable bonds is 7. The molecule has 1 amide bonds. The molecular formula is C31H19Cl3N4O4. The number of hydrogen-bond donors (Lipinski definition) is 1. The summed E-state index contributed by atoms with van der Waals surface area (Å²) in [5.41, 5.74) is 1.80. The molecule has 0 saturated heterocycles. The van der Waals surface area contributed by atoms with Gasteiger partial charge < -0.3 is 14.5 Å². The summed E-state index contributed by atoms with van der Waals surface area (Å²) in [6.07, 6.45) is 1.42. The van der Waals surface area contributed by atoms with Gasteiger partial charge in [-0.15, -0.1) is 0 Å². The Morgan fingerprint density at radius 2 is 1.69 bits per heavy atom. The third-order valence-corrected chi connectivity index (χ3v) is 7.00. The van der Waals surface area contributed by atoms with Crippen molar-refractivity contribution < 1.29 is 13.9 Å². The second-order valence-electron chi connectivity index (χ2n) is 9.12. The zero-order valence-electron chi connectivity index (χ0n) is 21.6. The Labute approximate surface area is 253 Å². The summed E-state index contributed by atoms with van der Waals surface area (Å²) in [4.78, 5) is 30.5. The van der Waals surface area contributed by atoms with E-state index in [-0.39, 0.29) is 34.1 Å². The molecule has 0 saturated carbocycles. The van der Waals surface area contributed by atoms with Crippen molar-refractivity contribution in [1.29, 1.82) is 0 Å². The van der Waals surface area contributed by atoms with Crippen LogP contribution in [0.3, 0.4) is 0 Å². The van der Waals surface area contributed by atoms with Crippen molar-refractivity contribution in [2.24, 2.45) is 5.10 Å². The summed E-state index contributed by atoms with van der Waals surface area (Å²) < 4.78 is 12.7. The van der Waals surface area contributed by atoms with Gasteiger partial charge in [-0.05, 0) is 66.2 Å². The van der Waals surface area contributed by atoms with Gasteiger partial charge in [0.25, 0.3) is 11.5 Å². The van der Waals surface area contributed by atoms with E-state index < -0.39 is 5.56 Å². The number of amides is 1. The van der Waals surface area contributed by atoms with Crippen LogP contribution in [-0.2, 0) is 4.79 Å². The van der Waals surface area contributed by atoms with Crippen LogP contribution in [0, 0.1) is 0 Å². The third kappa shape index (κ3) is 5.73. The molecule has 0 aliphatic heterocycles. The highest BCUT2D eigenvalue weighted by molar-refractivity contribution is 6.37. The standard InChI is InChI=1S/C31H19Cl3N4O4/c32-20-10-11-26-19(14-20)15-27(42-26)30-37-25-9-5-4-8-22(25)31(40)38(30)35-16-18-12-23(33)29(24(34)13-18)41-17-28(39)36-21-6-2-1-3-7-21/h1-16H,17H2,(H,36,39). The summed E-state index contributed by atoms with van der Waals surface area (Å²) in [5, 5.41) is 9.16. The minimum Gasteiger partial charge on any atom is -0.481 e. The van der Waals surface area contributed by atoms with Crippen molar-refractivity contribution in [2.75, 3.05) is 11.9 Å². The van der Waals surface area contributed by atoms with Crippen LogP contribution in [-0.4, -0.2) is 28.4 Å². The predicted molar refractivity (Wildman–Crippen MR) is 166 cm³/mol. The van der Waals surface area contributed by atoms with Crippen LogP contribution in [0.1, 0.15) is 5.56 Å². The zero-order valence-corrected chi connectivity index (χ0v) is 23.8. The number of carbonyl (C=O) groups excluding carboxylic acids is 1. The molecule has 4 aromatic carbocycles. The number of ether oxygens (including phenoxy) is 1. The van der Waals surface area contributed by atoms with Gasteiger partial charge in [-0.2, -0.15) is 9.78 Å². The maximum Gasteiger partial charge on any atom is 0.282 e. The van der Waals surface area contributed by atoms with E-state index in [9.17, 15) is 9.59 Å². The van der Waals surface area contributed by atoms with Crippen molar-refractivity contribution in [3.8, 4) is 17.3 Å². The van der Waals surface area contributed by atoms with E-state index in [0.29, 0.717) is 38.5 Å². The lowest BCUT2D eigenvalue weighted by atomic mass is 10.2. The molecule has 6 rings (SSSR count). The number of halogens is 3. The number of aromatic nitrogens is 2. The normalized spacial score (nSPS) is 11.4. The quantitative estimate of drug-likeness (QED) is 0.185. The van der Waals surface area contributed by atoms with E-state index in [1.54, 1.807) is 72.8 Å². The van der Waals surface area contributed by atoms with Crippen LogP contribution >= 0.6 is 34.8 Å². The Morgan fingerprint density at radius 1 is 0.952 bits per heavy atom. The predicted octanol–water partition coefficient (Wildman–Crippen LogP) is 7.67. The molecule has 2 aromatic heterocycles. The van der Waals surface area contributed by atoms with Crippen molar-refractivity contribution >= 4 is 74.5 Å². The Bertz CT molecular complexity index is 2030. The lowest BCUT2D eigenvalue weighted by Crippen LogP contribution is -2.20. The molecule has 0 unspecified atom stereocenters. The van der Waals surface area contributed by atoms with Gasteiger partial charge in [0, 0.05) is 16.1 Å². The van der Waals surface area contributed by atoms with E-state index in [1.165, 1.54) is 6.21 Å². The van der Waals surface area contributed by atoms with Crippen molar-refractivity contribution in [1.82, 2.24) is 9.66 Å². The first-order valence-corrected chi connectivity index (χ1v) is 13.7. The van der Waals surface area contributed by atoms with Gasteiger partial charge >= 0.3 is 0 Å². The number of fused-ring (bicyclic) bond motifs is 2. The van der Waals surface area contributed by atoms with E-state index >= 15 is 0 Å². The summed E-state index contributed by atoms with van der Waals surface area (Å²) in [6, 6.07) is 26.0. The molecule has 2 heterocycles. The zero-order chi connectivity index (χ0) is 29.2. The fourth-order valence-corrected chi connectivity index (χ4v) is 5.08. The maximum absolute atomic E-state index is 13.5. The van der Waals surface area contributed by atoms with Gasteiger partial charge in [0.15, 0.2) is 18.1 Å². The van der Waals surface area contributed by atoms with Gasteiger partial charge in [-0.1, -0.05) is 65.1 Å². The van der Waals surface area contributed by atoms with Crippen molar-refractivity contribution in [2.45, 2.75) is 0 Å². The highest BCUT2D eigenvalue weighted by Crippen LogP contribution is 2.34. The minimum absolute atomic E-state index is 0.143. The fourth-order valence-electron chi connectivity index (χ4n) is 4.29. The first-order valence-electron chi connectivity index (χ1n) is 12.6. The van der Waals surface area contributed by atoms with Crippen molar-refractivity contribution in [3.05, 3.63) is 122 Å². The molecule has 42 heavy (non-hydrogen) atoms. The minimum atomic E-state index is -0.396. The molecule has 11 heteroatoms. The Hall–Kier alpha value is -4.63. The number of furan rings is 1. The van der Waals surface area contributed by atoms with Gasteiger partial charge in [-0.25, -0.2) is 4.98 Å². The number of para-hydroxylation sites is 2. The largest absolute Gasteiger partial charge is 0.481 e. The highest BCUT2D eigenvalue weighted by atomic mass is 35.5. The molecule has 208 valence electrons. The highest BCUT2D eigenvalue weighted by Gasteiger charge is 2.17. The SMILES string of the molecule is O=C(COc1c(Cl)cc(C=Nn2c(-c3cc4cc(Cl)ccc4o3)nc3ccccc3c2=O)cc1Cl)Nc1ccccc1. The fraction of sp³-hybridized carbons (Fsp3) is 0.0323. The average Bonchev–Trinajstić information content (AvgIpc) is 3.40. The molecule has 1 N–H and O–H groups in total. The molecule has 0 spiro atoms. The monoisotopic (exact) mass is 616 g/mol. The molecular weight excluding hydrogens is 599 g/mol. The van der Waals surface area contributed by atoms with Crippen LogP contribution < -0.4 is 15.6 Å². The van der Waals surface area contributed by atoms with E-state index in [2.05, 4.69) is 15.4 Å². The smallest absolute Gasteiger partial charge is 0.282 e. The summed E-state index contributed by atoms with van der Waals surface area (Å²) in [6.45, 7) is -0.300. The summed E-state index contributed by atoms with van der Waals surface area (Å²) in [7, 11) is 0. The molecule has 0 aliphatic carbocycles. The second-order valence-corrected chi connectivity index (χ2v) is 10.4. The molecule has 6 aromatic rings. The first kappa shape index (κ1) is 27.5. The molecule has 0 bridgehead atoms. The number of benzene rings is 4. The maximum atomic E-state index is 13.5. The van der Waals surface area contributed by atoms with Gasteiger partial charge in [0.2, 0.25) is 5.82 Å². The topological polar surface area (TPSA) is 98.7 Å². The lowest BCUT2D eigenvalue weighted by molar-refractivity contribution is -0.118. The van der Waals surface area contributed by atoms with E-state index in [1.807, 2.05) is 18.2 Å². The number of nitrogens with one attached hydrogen (secondary N) is 1. The molecule has 0 atom stereocenters. The number of hydrogen-bond acceptors (Lipinski definition) is 6. The van der Waals surface area contributed by atoms with Crippen LogP contribution in [0.25, 0.3) is 33.5 Å². The van der Waals surface area contributed by atoms with Crippen molar-refractivity contribution in [3.63, 3.8) is 0 Å². The summed E-state index contributed by atoms with van der Waals surface area (Å²) >= 11 is 19.0. The Balaban J connectivity index is 1.31. The number of anilines is 1. The van der Waals surface area contributed by atoms with Gasteiger partial charge in [0.1, 0.15) is 5.58 Å². The van der Waals surface area contributed by atoms with E-state index in [0.717, 1.165) is 10.1 Å². The molecule has 0 radical (unpaired) electrons. The van der Waals surface area contributed by atoms with Crippen LogP contribution in [0.15, 0.2) is 105 Å². The second kappa shape index (κ2) is 11.7. The number of carbonyl (C=O) groups is 1. The third-order valence-electron chi connectivity index (χ3n) is 6.20. The molecule has 0 aliphatic rings. The average molecular weight is 618 g/mol. The number of nitrogens with zero attached hydrogens (tertiary/aromatic N) is 3. The van der Waals surface area contributed by atoms with Crippen LogP contribution in [0.4, 0.5) is 5.69 Å².